The van der Waals surface area contributed by atoms with Crippen molar-refractivity contribution in [3.63, 3.8) is 0 Å². The van der Waals surface area contributed by atoms with Crippen LogP contribution in [0.3, 0.4) is 0 Å². The number of hydrogen-bond acceptors (Lipinski definition) is 6. The fourth-order valence-electron chi connectivity index (χ4n) is 4.41. The van der Waals surface area contributed by atoms with Crippen molar-refractivity contribution in [3.05, 3.63) is 56.4 Å². The lowest BCUT2D eigenvalue weighted by Crippen LogP contribution is -2.53. The van der Waals surface area contributed by atoms with Gasteiger partial charge in [-0.2, -0.15) is 5.10 Å². The van der Waals surface area contributed by atoms with Gasteiger partial charge in [-0.25, -0.2) is 4.68 Å². The molecule has 5 rings (SSSR count). The van der Waals surface area contributed by atoms with Gasteiger partial charge in [-0.1, -0.05) is 12.1 Å². The Labute approximate surface area is 168 Å². The number of rotatable bonds is 5. The lowest BCUT2D eigenvalue weighted by molar-refractivity contribution is -0.0859. The van der Waals surface area contributed by atoms with E-state index in [2.05, 4.69) is 16.1 Å². The SMILES string of the molecule is COc1cccc(CN2CC[C@]3(C2)Cn2c(nn(CC4CC4)c(=O)c2=O)CO3)c1. The summed E-state index contributed by atoms with van der Waals surface area (Å²) in [5, 5.41) is 4.43. The van der Waals surface area contributed by atoms with E-state index in [1.807, 2.05) is 18.2 Å². The molecule has 1 aliphatic carbocycles. The van der Waals surface area contributed by atoms with E-state index in [9.17, 15) is 9.59 Å². The summed E-state index contributed by atoms with van der Waals surface area (Å²) in [6.45, 7) is 3.61. The average Bonchev–Trinajstić information content (AvgIpc) is 3.47. The van der Waals surface area contributed by atoms with Crippen molar-refractivity contribution in [3.8, 4) is 5.75 Å². The molecule has 2 fully saturated rings. The summed E-state index contributed by atoms with van der Waals surface area (Å²) in [6, 6.07) is 8.05. The second-order valence-corrected chi connectivity index (χ2v) is 8.52. The third kappa shape index (κ3) is 3.62. The zero-order valence-corrected chi connectivity index (χ0v) is 16.7. The molecule has 3 aliphatic rings. The molecule has 0 bridgehead atoms. The maximum Gasteiger partial charge on any atom is 0.332 e. The van der Waals surface area contributed by atoms with Gasteiger partial charge in [0.1, 0.15) is 18.0 Å². The Morgan fingerprint density at radius 2 is 2.10 bits per heavy atom. The van der Waals surface area contributed by atoms with Gasteiger partial charge in [0.15, 0.2) is 5.82 Å². The molecule has 2 aliphatic heterocycles. The number of hydrogen-bond donors (Lipinski definition) is 0. The Kier molecular flexibility index (Phi) is 4.55. The third-order valence-corrected chi connectivity index (χ3v) is 6.23. The summed E-state index contributed by atoms with van der Waals surface area (Å²) in [4.78, 5) is 27.5. The van der Waals surface area contributed by atoms with Crippen molar-refractivity contribution >= 4 is 0 Å². The van der Waals surface area contributed by atoms with Crippen LogP contribution < -0.4 is 15.9 Å². The average molecular weight is 398 g/mol. The van der Waals surface area contributed by atoms with E-state index in [0.717, 1.165) is 44.6 Å². The molecule has 0 radical (unpaired) electrons. The van der Waals surface area contributed by atoms with Gasteiger partial charge < -0.3 is 9.47 Å². The van der Waals surface area contributed by atoms with Gasteiger partial charge in [0.05, 0.1) is 13.7 Å². The minimum atomic E-state index is -0.510. The quantitative estimate of drug-likeness (QED) is 0.700. The summed E-state index contributed by atoms with van der Waals surface area (Å²) in [5.41, 5.74) is -0.236. The number of benzene rings is 1. The Hall–Kier alpha value is -2.45. The van der Waals surface area contributed by atoms with Crippen LogP contribution in [0.4, 0.5) is 0 Å². The molecule has 0 unspecified atom stereocenters. The molecule has 1 aromatic heterocycles. The fraction of sp³-hybridized carbons (Fsp3) is 0.571. The number of aromatic nitrogens is 3. The van der Waals surface area contributed by atoms with E-state index in [1.165, 1.54) is 10.2 Å². The summed E-state index contributed by atoms with van der Waals surface area (Å²) in [7, 11) is 1.67. The van der Waals surface area contributed by atoms with Gasteiger partial charge >= 0.3 is 11.1 Å². The molecule has 0 amide bonds. The van der Waals surface area contributed by atoms with E-state index in [4.69, 9.17) is 9.47 Å². The molecule has 1 atom stereocenters. The zero-order chi connectivity index (χ0) is 20.0. The highest BCUT2D eigenvalue weighted by Gasteiger charge is 2.43. The topological polar surface area (TPSA) is 78.6 Å². The van der Waals surface area contributed by atoms with E-state index in [1.54, 1.807) is 11.7 Å². The molecule has 29 heavy (non-hydrogen) atoms. The molecule has 8 heteroatoms. The van der Waals surface area contributed by atoms with Crippen LogP contribution in [0.25, 0.3) is 0 Å². The van der Waals surface area contributed by atoms with Crippen LogP contribution in [0.1, 0.15) is 30.7 Å². The largest absolute Gasteiger partial charge is 0.497 e. The van der Waals surface area contributed by atoms with Crippen molar-refractivity contribution in [2.24, 2.45) is 5.92 Å². The monoisotopic (exact) mass is 398 g/mol. The van der Waals surface area contributed by atoms with Crippen molar-refractivity contribution in [2.75, 3.05) is 20.2 Å². The standard InChI is InChI=1S/C21H26N4O4/c1-28-17-4-2-3-16(9-17)10-23-8-7-21(13-23)14-24-18(12-29-21)22-25(11-15-5-6-15)20(27)19(24)26/h2-4,9,15H,5-8,10-14H2,1H3/t21-/m0/s1. The normalized spacial score (nSPS) is 24.0. The second kappa shape index (κ2) is 7.11. The van der Waals surface area contributed by atoms with E-state index < -0.39 is 16.7 Å². The number of ether oxygens (including phenoxy) is 2. The third-order valence-electron chi connectivity index (χ3n) is 6.23. The Morgan fingerprint density at radius 3 is 2.90 bits per heavy atom. The molecule has 1 spiro atoms. The maximum absolute atomic E-state index is 12.7. The summed E-state index contributed by atoms with van der Waals surface area (Å²) >= 11 is 0. The van der Waals surface area contributed by atoms with Gasteiger partial charge in [0.2, 0.25) is 0 Å². The van der Waals surface area contributed by atoms with Crippen LogP contribution in [-0.4, -0.2) is 45.0 Å². The molecule has 1 saturated carbocycles. The van der Waals surface area contributed by atoms with Crippen LogP contribution in [0.15, 0.2) is 33.9 Å². The molecule has 1 saturated heterocycles. The van der Waals surface area contributed by atoms with Gasteiger partial charge in [-0.05, 0) is 42.9 Å². The van der Waals surface area contributed by atoms with Crippen LogP contribution in [0.2, 0.25) is 0 Å². The van der Waals surface area contributed by atoms with E-state index in [0.29, 0.717) is 24.8 Å². The molecular weight excluding hydrogens is 372 g/mol. The first kappa shape index (κ1) is 18.6. The van der Waals surface area contributed by atoms with E-state index >= 15 is 0 Å². The first-order valence-corrected chi connectivity index (χ1v) is 10.3. The smallest absolute Gasteiger partial charge is 0.332 e. The van der Waals surface area contributed by atoms with Gasteiger partial charge in [-0.15, -0.1) is 0 Å². The number of likely N-dealkylation sites (tertiary alicyclic amines) is 1. The Morgan fingerprint density at radius 1 is 1.24 bits per heavy atom. The summed E-state index contributed by atoms with van der Waals surface area (Å²) < 4.78 is 14.4. The minimum Gasteiger partial charge on any atom is -0.497 e. The van der Waals surface area contributed by atoms with E-state index in [-0.39, 0.29) is 6.61 Å². The van der Waals surface area contributed by atoms with Crippen LogP contribution in [-0.2, 0) is 31.0 Å². The first-order chi connectivity index (χ1) is 14.0. The van der Waals surface area contributed by atoms with Crippen LogP contribution in [0, 0.1) is 5.92 Å². The zero-order valence-electron chi connectivity index (χ0n) is 16.7. The first-order valence-electron chi connectivity index (χ1n) is 10.3. The molecular formula is C21H26N4O4. The highest BCUT2D eigenvalue weighted by atomic mass is 16.5. The van der Waals surface area contributed by atoms with Crippen molar-refractivity contribution in [1.29, 1.82) is 0 Å². The van der Waals surface area contributed by atoms with Gasteiger partial charge in [-0.3, -0.25) is 19.1 Å². The Balaban J connectivity index is 1.33. The van der Waals surface area contributed by atoms with Crippen molar-refractivity contribution in [1.82, 2.24) is 19.2 Å². The van der Waals surface area contributed by atoms with Gasteiger partial charge in [0, 0.05) is 26.2 Å². The number of fused-ring (bicyclic) bond motifs is 1. The molecule has 0 N–H and O–H groups in total. The lowest BCUT2D eigenvalue weighted by atomic mass is 10.0. The Bertz CT molecular complexity index is 1040. The summed E-state index contributed by atoms with van der Waals surface area (Å²) in [6.07, 6.45) is 3.04. The highest BCUT2D eigenvalue weighted by Crippen LogP contribution is 2.33. The predicted molar refractivity (Wildman–Crippen MR) is 106 cm³/mol. The molecule has 154 valence electrons. The molecule has 3 heterocycles. The number of methoxy groups -OCH3 is 1. The highest BCUT2D eigenvalue weighted by molar-refractivity contribution is 5.28. The fourth-order valence-corrected chi connectivity index (χ4v) is 4.41. The van der Waals surface area contributed by atoms with Crippen molar-refractivity contribution in [2.45, 2.75) is 51.1 Å². The van der Waals surface area contributed by atoms with Crippen LogP contribution in [0.5, 0.6) is 5.75 Å². The minimum absolute atomic E-state index is 0.271. The predicted octanol–water partition coefficient (Wildman–Crippen LogP) is 0.998. The maximum atomic E-state index is 12.7. The molecule has 1 aromatic carbocycles. The van der Waals surface area contributed by atoms with Gasteiger partial charge in [0.25, 0.3) is 0 Å². The second-order valence-electron chi connectivity index (χ2n) is 8.52. The summed E-state index contributed by atoms with van der Waals surface area (Å²) in [5.74, 6) is 1.89. The van der Waals surface area contributed by atoms with Crippen molar-refractivity contribution < 1.29 is 9.47 Å². The van der Waals surface area contributed by atoms with Crippen LogP contribution >= 0.6 is 0 Å². The molecule has 8 nitrogen and oxygen atoms in total. The molecule has 2 aromatic rings. The number of nitrogens with zero attached hydrogens (tertiary/aromatic N) is 4. The lowest BCUT2D eigenvalue weighted by Gasteiger charge is -2.35.